The summed E-state index contributed by atoms with van der Waals surface area (Å²) in [6.45, 7) is 3.15. The van der Waals surface area contributed by atoms with Crippen molar-refractivity contribution in [3.05, 3.63) is 95.8 Å². The van der Waals surface area contributed by atoms with E-state index in [0.717, 1.165) is 34.5 Å². The van der Waals surface area contributed by atoms with E-state index in [4.69, 9.17) is 9.84 Å². The second kappa shape index (κ2) is 8.82. The first-order chi connectivity index (χ1) is 14.6. The summed E-state index contributed by atoms with van der Waals surface area (Å²) in [5.74, 6) is -0.0506. The lowest BCUT2D eigenvalue weighted by Crippen LogP contribution is -2.03. The van der Waals surface area contributed by atoms with E-state index in [-0.39, 0.29) is 12.3 Å². The van der Waals surface area contributed by atoms with Gasteiger partial charge in [0.25, 0.3) is 0 Å². The standard InChI is InChI=1S/C25H24N2O3/c1-18(13-25(28)29)21-8-10-22(11-9-21)30-16-20-7-12-24-23(14-20)26-17-27(24)15-19-5-3-2-4-6-19/h2-12,14,17-18H,13,15-16H2,1H3,(H,28,29). The third-order valence-electron chi connectivity index (χ3n) is 5.22. The highest BCUT2D eigenvalue weighted by molar-refractivity contribution is 5.76. The van der Waals surface area contributed by atoms with E-state index < -0.39 is 5.97 Å². The molecule has 5 heteroatoms. The van der Waals surface area contributed by atoms with Gasteiger partial charge in [-0.05, 0) is 46.9 Å². The number of carboxylic acid groups (broad SMARTS) is 1. The Hall–Kier alpha value is -3.60. The number of fused-ring (bicyclic) bond motifs is 1. The van der Waals surface area contributed by atoms with Crippen molar-refractivity contribution in [3.63, 3.8) is 0 Å². The molecule has 0 spiro atoms. The quantitative estimate of drug-likeness (QED) is 0.439. The zero-order valence-electron chi connectivity index (χ0n) is 16.9. The van der Waals surface area contributed by atoms with Crippen molar-refractivity contribution in [2.24, 2.45) is 0 Å². The predicted octanol–water partition coefficient (Wildman–Crippen LogP) is 5.24. The monoisotopic (exact) mass is 400 g/mol. The first-order valence-electron chi connectivity index (χ1n) is 10.0. The van der Waals surface area contributed by atoms with Gasteiger partial charge >= 0.3 is 5.97 Å². The van der Waals surface area contributed by atoms with Crippen LogP contribution in [-0.4, -0.2) is 20.6 Å². The van der Waals surface area contributed by atoms with Crippen LogP contribution in [0.1, 0.15) is 36.0 Å². The van der Waals surface area contributed by atoms with Gasteiger partial charge in [-0.25, -0.2) is 4.98 Å². The molecule has 4 aromatic rings. The fourth-order valence-electron chi connectivity index (χ4n) is 3.54. The molecule has 0 saturated heterocycles. The second-order valence-electron chi connectivity index (χ2n) is 7.54. The summed E-state index contributed by atoms with van der Waals surface area (Å²) >= 11 is 0. The number of aromatic nitrogens is 2. The van der Waals surface area contributed by atoms with E-state index in [1.807, 2.05) is 55.7 Å². The molecule has 5 nitrogen and oxygen atoms in total. The number of benzene rings is 3. The second-order valence-corrected chi connectivity index (χ2v) is 7.54. The van der Waals surface area contributed by atoms with Gasteiger partial charge in [0.1, 0.15) is 12.4 Å². The van der Waals surface area contributed by atoms with Crippen molar-refractivity contribution in [3.8, 4) is 5.75 Å². The molecular weight excluding hydrogens is 376 g/mol. The Bertz CT molecular complexity index is 1130. The normalized spacial score (nSPS) is 12.0. The summed E-state index contributed by atoms with van der Waals surface area (Å²) in [5.41, 5.74) is 5.33. The zero-order chi connectivity index (χ0) is 20.9. The van der Waals surface area contributed by atoms with Gasteiger partial charge in [0, 0.05) is 6.54 Å². The number of rotatable bonds is 8. The molecule has 1 aromatic heterocycles. The Morgan fingerprint density at radius 1 is 1.03 bits per heavy atom. The molecule has 0 saturated carbocycles. The molecule has 1 heterocycles. The Kier molecular flexibility index (Phi) is 5.80. The van der Waals surface area contributed by atoms with Gasteiger partial charge in [-0.1, -0.05) is 55.5 Å². The van der Waals surface area contributed by atoms with Crippen LogP contribution < -0.4 is 4.74 Å². The molecule has 0 bridgehead atoms. The van der Waals surface area contributed by atoms with Crippen molar-refractivity contribution in [1.29, 1.82) is 0 Å². The van der Waals surface area contributed by atoms with Crippen molar-refractivity contribution in [2.45, 2.75) is 32.4 Å². The molecule has 0 radical (unpaired) electrons. The van der Waals surface area contributed by atoms with Gasteiger partial charge in [0.15, 0.2) is 0 Å². The summed E-state index contributed by atoms with van der Waals surface area (Å²) in [4.78, 5) is 15.4. The zero-order valence-corrected chi connectivity index (χ0v) is 16.9. The van der Waals surface area contributed by atoms with Crippen LogP contribution in [0.5, 0.6) is 5.75 Å². The van der Waals surface area contributed by atoms with E-state index in [1.54, 1.807) is 0 Å². The molecule has 1 N–H and O–H groups in total. The summed E-state index contributed by atoms with van der Waals surface area (Å²) in [7, 11) is 0. The van der Waals surface area contributed by atoms with E-state index >= 15 is 0 Å². The maximum atomic E-state index is 10.9. The van der Waals surface area contributed by atoms with Crippen LogP contribution in [-0.2, 0) is 17.9 Å². The predicted molar refractivity (Wildman–Crippen MR) is 117 cm³/mol. The molecule has 0 fully saturated rings. The van der Waals surface area contributed by atoms with Gasteiger partial charge in [0.05, 0.1) is 23.8 Å². The first-order valence-corrected chi connectivity index (χ1v) is 10.0. The van der Waals surface area contributed by atoms with E-state index in [9.17, 15) is 4.79 Å². The van der Waals surface area contributed by atoms with Crippen LogP contribution in [0.25, 0.3) is 11.0 Å². The summed E-state index contributed by atoms with van der Waals surface area (Å²) < 4.78 is 8.05. The van der Waals surface area contributed by atoms with Crippen LogP contribution in [0.15, 0.2) is 79.1 Å². The number of nitrogens with zero attached hydrogens (tertiary/aromatic N) is 2. The van der Waals surface area contributed by atoms with Gasteiger partial charge in [-0.3, -0.25) is 4.79 Å². The van der Waals surface area contributed by atoms with Crippen LogP contribution in [0.2, 0.25) is 0 Å². The lowest BCUT2D eigenvalue weighted by atomic mass is 9.98. The summed E-state index contributed by atoms with van der Waals surface area (Å²) in [6, 6.07) is 24.2. The lowest BCUT2D eigenvalue weighted by molar-refractivity contribution is -0.137. The molecule has 0 amide bonds. The third kappa shape index (κ3) is 4.69. The molecule has 1 atom stereocenters. The Balaban J connectivity index is 1.40. The Morgan fingerprint density at radius 3 is 2.53 bits per heavy atom. The topological polar surface area (TPSA) is 64.3 Å². The van der Waals surface area contributed by atoms with E-state index in [0.29, 0.717) is 6.61 Å². The summed E-state index contributed by atoms with van der Waals surface area (Å²) in [5, 5.41) is 8.93. The maximum absolute atomic E-state index is 10.9. The highest BCUT2D eigenvalue weighted by Gasteiger charge is 2.10. The largest absolute Gasteiger partial charge is 0.489 e. The molecule has 3 aromatic carbocycles. The lowest BCUT2D eigenvalue weighted by Gasteiger charge is -2.11. The van der Waals surface area contributed by atoms with Crippen molar-refractivity contribution >= 4 is 17.0 Å². The van der Waals surface area contributed by atoms with Crippen molar-refractivity contribution < 1.29 is 14.6 Å². The van der Waals surface area contributed by atoms with Crippen LogP contribution in [0.4, 0.5) is 0 Å². The minimum Gasteiger partial charge on any atom is -0.489 e. The molecule has 0 aliphatic carbocycles. The third-order valence-corrected chi connectivity index (χ3v) is 5.22. The summed E-state index contributed by atoms with van der Waals surface area (Å²) in [6.07, 6.45) is 2.00. The van der Waals surface area contributed by atoms with Crippen LogP contribution in [0, 0.1) is 0 Å². The number of hydrogen-bond donors (Lipinski definition) is 1. The van der Waals surface area contributed by atoms with Crippen LogP contribution >= 0.6 is 0 Å². The molecular formula is C25H24N2O3. The van der Waals surface area contributed by atoms with Gasteiger partial charge in [-0.15, -0.1) is 0 Å². The average Bonchev–Trinajstić information content (AvgIpc) is 3.15. The molecule has 0 aliphatic heterocycles. The Morgan fingerprint density at radius 2 is 1.80 bits per heavy atom. The molecule has 152 valence electrons. The highest BCUT2D eigenvalue weighted by Crippen LogP contribution is 2.23. The average molecular weight is 400 g/mol. The smallest absolute Gasteiger partial charge is 0.303 e. The number of hydrogen-bond acceptors (Lipinski definition) is 3. The minimum absolute atomic E-state index is 0.0232. The number of ether oxygens (including phenoxy) is 1. The number of aliphatic carboxylic acids is 1. The highest BCUT2D eigenvalue weighted by atomic mass is 16.5. The first kappa shape index (κ1) is 19.7. The fourth-order valence-corrected chi connectivity index (χ4v) is 3.54. The van der Waals surface area contributed by atoms with Crippen molar-refractivity contribution in [1.82, 2.24) is 9.55 Å². The molecule has 0 aliphatic rings. The molecule has 4 rings (SSSR count). The number of imidazole rings is 1. The molecule has 1 unspecified atom stereocenters. The SMILES string of the molecule is CC(CC(=O)O)c1ccc(OCc2ccc3c(c2)ncn3Cc2ccccc2)cc1. The van der Waals surface area contributed by atoms with Gasteiger partial charge in [0.2, 0.25) is 0 Å². The van der Waals surface area contributed by atoms with E-state index in [1.165, 1.54) is 5.56 Å². The molecule has 30 heavy (non-hydrogen) atoms. The fraction of sp³-hybridized carbons (Fsp3) is 0.200. The van der Waals surface area contributed by atoms with Gasteiger partial charge < -0.3 is 14.4 Å². The van der Waals surface area contributed by atoms with Crippen LogP contribution in [0.3, 0.4) is 0 Å². The van der Waals surface area contributed by atoms with E-state index in [2.05, 4.69) is 39.9 Å². The minimum atomic E-state index is -0.788. The van der Waals surface area contributed by atoms with Crippen molar-refractivity contribution in [2.75, 3.05) is 0 Å². The number of carbonyl (C=O) groups is 1. The Labute approximate surface area is 175 Å². The maximum Gasteiger partial charge on any atom is 0.303 e. The van der Waals surface area contributed by atoms with Gasteiger partial charge in [-0.2, -0.15) is 0 Å². The number of carboxylic acids is 1.